The van der Waals surface area contributed by atoms with Crippen LogP contribution in [0.1, 0.15) is 11.7 Å². The zero-order chi connectivity index (χ0) is 11.1. The molecule has 0 heterocycles. The van der Waals surface area contributed by atoms with E-state index in [1.165, 1.54) is 13.2 Å². The van der Waals surface area contributed by atoms with Gasteiger partial charge in [0.25, 0.3) is 0 Å². The number of methoxy groups -OCH3 is 2. The van der Waals surface area contributed by atoms with Gasteiger partial charge >= 0.3 is 5.97 Å². The molecule has 1 atom stereocenters. The zero-order valence-corrected chi connectivity index (χ0v) is 8.84. The molecule has 0 aromatic heterocycles. The van der Waals surface area contributed by atoms with Crippen molar-refractivity contribution < 1.29 is 14.3 Å². The molecular formula is C12H14O3. The van der Waals surface area contributed by atoms with Gasteiger partial charge in [0.2, 0.25) is 0 Å². The van der Waals surface area contributed by atoms with Crippen molar-refractivity contribution in [1.82, 2.24) is 0 Å². The van der Waals surface area contributed by atoms with Crippen molar-refractivity contribution in [2.45, 2.75) is 6.10 Å². The summed E-state index contributed by atoms with van der Waals surface area (Å²) in [7, 11) is 2.94. The lowest BCUT2D eigenvalue weighted by Gasteiger charge is -2.10. The Morgan fingerprint density at radius 2 is 1.93 bits per heavy atom. The van der Waals surface area contributed by atoms with Crippen LogP contribution in [0.2, 0.25) is 0 Å². The molecule has 0 aliphatic rings. The molecule has 0 saturated carbocycles. The van der Waals surface area contributed by atoms with E-state index in [0.29, 0.717) is 0 Å². The van der Waals surface area contributed by atoms with Gasteiger partial charge in [-0.2, -0.15) is 0 Å². The van der Waals surface area contributed by atoms with E-state index in [2.05, 4.69) is 4.74 Å². The monoisotopic (exact) mass is 206 g/mol. The smallest absolute Gasteiger partial charge is 0.330 e. The van der Waals surface area contributed by atoms with Crippen LogP contribution >= 0.6 is 0 Å². The first-order chi connectivity index (χ1) is 7.27. The minimum atomic E-state index is -0.381. The third-order valence-electron chi connectivity index (χ3n) is 1.99. The molecule has 0 amide bonds. The predicted molar refractivity (Wildman–Crippen MR) is 57.3 cm³/mol. The Hall–Kier alpha value is -1.61. The van der Waals surface area contributed by atoms with Gasteiger partial charge in [-0.05, 0) is 11.6 Å². The van der Waals surface area contributed by atoms with Crippen molar-refractivity contribution in [2.24, 2.45) is 0 Å². The van der Waals surface area contributed by atoms with Gasteiger partial charge in [-0.3, -0.25) is 0 Å². The summed E-state index contributed by atoms with van der Waals surface area (Å²) in [4.78, 5) is 10.9. The van der Waals surface area contributed by atoms with E-state index in [9.17, 15) is 4.79 Å². The highest BCUT2D eigenvalue weighted by Gasteiger charge is 2.05. The maximum Gasteiger partial charge on any atom is 0.330 e. The summed E-state index contributed by atoms with van der Waals surface area (Å²) in [6.45, 7) is 0. The molecule has 3 heteroatoms. The van der Waals surface area contributed by atoms with E-state index in [1.54, 1.807) is 13.2 Å². The summed E-state index contributed by atoms with van der Waals surface area (Å²) >= 11 is 0. The Morgan fingerprint density at radius 3 is 2.47 bits per heavy atom. The normalized spacial score (nSPS) is 12.7. The molecule has 0 bridgehead atoms. The van der Waals surface area contributed by atoms with Gasteiger partial charge < -0.3 is 9.47 Å². The van der Waals surface area contributed by atoms with Gasteiger partial charge in [-0.1, -0.05) is 30.3 Å². The van der Waals surface area contributed by atoms with Crippen molar-refractivity contribution in [2.75, 3.05) is 14.2 Å². The summed E-state index contributed by atoms with van der Waals surface area (Å²) in [5.41, 5.74) is 1.00. The third kappa shape index (κ3) is 3.56. The van der Waals surface area contributed by atoms with Crippen LogP contribution in [0.4, 0.5) is 0 Å². The van der Waals surface area contributed by atoms with E-state index in [1.807, 2.05) is 30.3 Å². The van der Waals surface area contributed by atoms with Crippen LogP contribution in [-0.4, -0.2) is 20.2 Å². The lowest BCUT2D eigenvalue weighted by atomic mass is 10.1. The average Bonchev–Trinajstić information content (AvgIpc) is 2.31. The number of ether oxygens (including phenoxy) is 2. The second-order valence-electron chi connectivity index (χ2n) is 2.95. The Kier molecular flexibility index (Phi) is 4.57. The number of hydrogen-bond donors (Lipinski definition) is 0. The van der Waals surface area contributed by atoms with Crippen molar-refractivity contribution in [3.05, 3.63) is 48.0 Å². The zero-order valence-electron chi connectivity index (χ0n) is 8.84. The average molecular weight is 206 g/mol. The first kappa shape index (κ1) is 11.5. The van der Waals surface area contributed by atoms with Crippen molar-refractivity contribution in [1.29, 1.82) is 0 Å². The molecule has 0 fully saturated rings. The fourth-order valence-electron chi connectivity index (χ4n) is 1.20. The first-order valence-electron chi connectivity index (χ1n) is 4.62. The fraction of sp³-hybridized carbons (Fsp3) is 0.250. The van der Waals surface area contributed by atoms with Crippen LogP contribution in [0.25, 0.3) is 0 Å². The molecule has 0 radical (unpaired) electrons. The molecular weight excluding hydrogens is 192 g/mol. The van der Waals surface area contributed by atoms with Crippen LogP contribution in [0, 0.1) is 0 Å². The molecule has 1 rings (SSSR count). The van der Waals surface area contributed by atoms with Crippen LogP contribution in [0.5, 0.6) is 0 Å². The molecule has 0 N–H and O–H groups in total. The SMILES string of the molecule is COC(=O)/C=C/C(OC)c1ccccc1. The molecule has 1 unspecified atom stereocenters. The standard InChI is InChI=1S/C12H14O3/c1-14-11(8-9-12(13)15-2)10-6-4-3-5-7-10/h3-9,11H,1-2H3/b9-8+. The molecule has 0 spiro atoms. The lowest BCUT2D eigenvalue weighted by molar-refractivity contribution is -0.134. The van der Waals surface area contributed by atoms with Gasteiger partial charge in [0.15, 0.2) is 0 Å². The number of carbonyl (C=O) groups is 1. The van der Waals surface area contributed by atoms with Gasteiger partial charge in [-0.25, -0.2) is 4.79 Å². The summed E-state index contributed by atoms with van der Waals surface area (Å²) in [6.07, 6.45) is 2.81. The molecule has 0 aliphatic carbocycles. The van der Waals surface area contributed by atoms with E-state index in [0.717, 1.165) is 5.56 Å². The van der Waals surface area contributed by atoms with E-state index >= 15 is 0 Å². The largest absolute Gasteiger partial charge is 0.466 e. The van der Waals surface area contributed by atoms with E-state index < -0.39 is 0 Å². The Bertz CT molecular complexity index is 330. The Balaban J connectivity index is 2.73. The molecule has 3 nitrogen and oxygen atoms in total. The second kappa shape index (κ2) is 5.98. The van der Waals surface area contributed by atoms with Gasteiger partial charge in [0.05, 0.1) is 7.11 Å². The highest BCUT2D eigenvalue weighted by Crippen LogP contribution is 2.17. The van der Waals surface area contributed by atoms with Crippen LogP contribution in [0.15, 0.2) is 42.5 Å². The molecule has 1 aromatic carbocycles. The molecule has 80 valence electrons. The Morgan fingerprint density at radius 1 is 1.27 bits per heavy atom. The summed E-state index contributed by atoms with van der Waals surface area (Å²) < 4.78 is 9.74. The Labute approximate surface area is 89.3 Å². The highest BCUT2D eigenvalue weighted by atomic mass is 16.5. The molecule has 0 aliphatic heterocycles. The molecule has 15 heavy (non-hydrogen) atoms. The first-order valence-corrected chi connectivity index (χ1v) is 4.62. The van der Waals surface area contributed by atoms with Crippen molar-refractivity contribution in [3.63, 3.8) is 0 Å². The minimum absolute atomic E-state index is 0.217. The van der Waals surface area contributed by atoms with E-state index in [4.69, 9.17) is 4.74 Å². The van der Waals surface area contributed by atoms with Crippen molar-refractivity contribution in [3.8, 4) is 0 Å². The number of hydrogen-bond acceptors (Lipinski definition) is 3. The maximum atomic E-state index is 10.9. The third-order valence-corrected chi connectivity index (χ3v) is 1.99. The van der Waals surface area contributed by atoms with Crippen molar-refractivity contribution >= 4 is 5.97 Å². The summed E-state index contributed by atoms with van der Waals surface area (Å²) in [5, 5.41) is 0. The predicted octanol–water partition coefficient (Wildman–Crippen LogP) is 2.10. The van der Waals surface area contributed by atoms with Crippen LogP contribution in [0.3, 0.4) is 0 Å². The lowest BCUT2D eigenvalue weighted by Crippen LogP contribution is -2.00. The topological polar surface area (TPSA) is 35.5 Å². The van der Waals surface area contributed by atoms with Gasteiger partial charge in [0, 0.05) is 13.2 Å². The number of rotatable bonds is 4. The molecule has 0 saturated heterocycles. The summed E-state index contributed by atoms with van der Waals surface area (Å²) in [5.74, 6) is -0.381. The van der Waals surface area contributed by atoms with Gasteiger partial charge in [0.1, 0.15) is 6.10 Å². The minimum Gasteiger partial charge on any atom is -0.466 e. The maximum absolute atomic E-state index is 10.9. The number of carbonyl (C=O) groups excluding carboxylic acids is 1. The van der Waals surface area contributed by atoms with Gasteiger partial charge in [-0.15, -0.1) is 0 Å². The van der Waals surface area contributed by atoms with Crippen LogP contribution in [-0.2, 0) is 14.3 Å². The van der Waals surface area contributed by atoms with E-state index in [-0.39, 0.29) is 12.1 Å². The fourth-order valence-corrected chi connectivity index (χ4v) is 1.20. The number of esters is 1. The van der Waals surface area contributed by atoms with Crippen LogP contribution < -0.4 is 0 Å². The highest BCUT2D eigenvalue weighted by molar-refractivity contribution is 5.81. The quantitative estimate of drug-likeness (QED) is 0.559. The number of benzene rings is 1. The summed E-state index contributed by atoms with van der Waals surface area (Å²) in [6, 6.07) is 9.66. The second-order valence-corrected chi connectivity index (χ2v) is 2.95. The molecule has 1 aromatic rings.